The normalized spacial score (nSPS) is 40.3. The molecule has 2 heterocycles. The Hall–Kier alpha value is -0.350. The summed E-state index contributed by atoms with van der Waals surface area (Å²) in [5.41, 5.74) is 1.00. The van der Waals surface area contributed by atoms with Gasteiger partial charge in [-0.2, -0.15) is 0 Å². The second-order valence-corrected chi connectivity index (χ2v) is 6.90. The zero-order chi connectivity index (χ0) is 13.1. The average Bonchev–Trinajstić information content (AvgIpc) is 2.94. The van der Waals surface area contributed by atoms with E-state index in [0.29, 0.717) is 28.2 Å². The number of hydrogen-bond acceptors (Lipinski definition) is 3. The summed E-state index contributed by atoms with van der Waals surface area (Å²) < 4.78 is 0. The van der Waals surface area contributed by atoms with Crippen molar-refractivity contribution in [2.24, 2.45) is 17.8 Å². The summed E-state index contributed by atoms with van der Waals surface area (Å²) >= 11 is 12.0. The molecule has 0 aromatic carbocycles. The van der Waals surface area contributed by atoms with Crippen molar-refractivity contribution in [3.05, 3.63) is 28.0 Å². The molecule has 1 aromatic heterocycles. The summed E-state index contributed by atoms with van der Waals surface area (Å²) in [4.78, 5) is 6.48. The predicted octanol–water partition coefficient (Wildman–Crippen LogP) is 2.59. The Balaban J connectivity index is 1.58. The number of pyridine rings is 1. The highest BCUT2D eigenvalue weighted by Gasteiger charge is 2.58. The van der Waals surface area contributed by atoms with Crippen LogP contribution in [-0.2, 0) is 6.54 Å². The Morgan fingerprint density at radius 3 is 2.84 bits per heavy atom. The maximum Gasteiger partial charge on any atom is 0.135 e. The first-order valence-corrected chi connectivity index (χ1v) is 7.62. The Kier molecular flexibility index (Phi) is 2.82. The van der Waals surface area contributed by atoms with Gasteiger partial charge in [-0.05, 0) is 36.7 Å². The lowest BCUT2D eigenvalue weighted by Gasteiger charge is -2.29. The van der Waals surface area contributed by atoms with Gasteiger partial charge in [0.05, 0.1) is 6.10 Å². The molecule has 0 radical (unpaired) electrons. The maximum absolute atomic E-state index is 10.4. The number of fused-ring (bicyclic) bond motifs is 1. The number of likely N-dealkylation sites (tertiary alicyclic amines) is 1. The number of halogens is 2. The van der Waals surface area contributed by atoms with Crippen molar-refractivity contribution in [1.29, 1.82) is 0 Å². The summed E-state index contributed by atoms with van der Waals surface area (Å²) in [7, 11) is 0. The zero-order valence-electron chi connectivity index (χ0n) is 10.5. The lowest BCUT2D eigenvalue weighted by molar-refractivity contribution is 0.0484. The van der Waals surface area contributed by atoms with Gasteiger partial charge >= 0.3 is 0 Å². The third kappa shape index (κ3) is 1.83. The van der Waals surface area contributed by atoms with Gasteiger partial charge in [0.15, 0.2) is 0 Å². The smallest absolute Gasteiger partial charge is 0.135 e. The van der Waals surface area contributed by atoms with E-state index < -0.39 is 0 Å². The predicted molar refractivity (Wildman–Crippen MR) is 74.2 cm³/mol. The van der Waals surface area contributed by atoms with E-state index in [2.05, 4.69) is 9.88 Å². The summed E-state index contributed by atoms with van der Waals surface area (Å²) in [5.74, 6) is 2.00. The van der Waals surface area contributed by atoms with Crippen LogP contribution in [0.2, 0.25) is 10.3 Å². The second-order valence-electron chi connectivity index (χ2n) is 6.15. The van der Waals surface area contributed by atoms with Gasteiger partial charge in [0.25, 0.3) is 0 Å². The zero-order valence-corrected chi connectivity index (χ0v) is 12.0. The summed E-state index contributed by atoms with van der Waals surface area (Å²) in [5, 5.41) is 11.3. The maximum atomic E-state index is 10.4. The SMILES string of the molecule is OC1C2CC3CN(Cc4ccc(Cl)nc4Cl)C1C3C2. The Bertz CT molecular complexity index is 522. The monoisotopic (exact) mass is 298 g/mol. The quantitative estimate of drug-likeness (QED) is 0.853. The largest absolute Gasteiger partial charge is 0.391 e. The fraction of sp³-hybridized carbons (Fsp3) is 0.643. The molecule has 3 nitrogen and oxygen atoms in total. The number of hydrogen-bond donors (Lipinski definition) is 1. The van der Waals surface area contributed by atoms with Crippen molar-refractivity contribution in [2.45, 2.75) is 31.5 Å². The van der Waals surface area contributed by atoms with E-state index >= 15 is 0 Å². The standard InChI is InChI=1S/C14H16Cl2N2O/c15-11-2-1-7(14(16)17-11)5-18-6-9-3-8-4-10(9)12(18)13(8)19/h1-2,8-10,12-13,19H,3-6H2. The minimum atomic E-state index is -0.150. The van der Waals surface area contributed by atoms with E-state index in [9.17, 15) is 5.11 Å². The van der Waals surface area contributed by atoms with Crippen molar-refractivity contribution in [3.8, 4) is 0 Å². The number of aliphatic hydroxyl groups is 1. The van der Waals surface area contributed by atoms with Crippen molar-refractivity contribution in [2.75, 3.05) is 6.54 Å². The molecule has 5 heteroatoms. The molecule has 2 saturated carbocycles. The van der Waals surface area contributed by atoms with Crippen LogP contribution in [0.15, 0.2) is 12.1 Å². The van der Waals surface area contributed by atoms with Crippen LogP contribution >= 0.6 is 23.2 Å². The van der Waals surface area contributed by atoms with Gasteiger partial charge in [0.2, 0.25) is 0 Å². The van der Waals surface area contributed by atoms with Crippen LogP contribution in [0.5, 0.6) is 0 Å². The van der Waals surface area contributed by atoms with Crippen LogP contribution in [0.4, 0.5) is 0 Å². The van der Waals surface area contributed by atoms with Crippen LogP contribution in [0.1, 0.15) is 18.4 Å². The van der Waals surface area contributed by atoms with Crippen molar-refractivity contribution in [3.63, 3.8) is 0 Å². The molecule has 4 rings (SSSR count). The molecular formula is C14H16Cl2N2O. The highest BCUT2D eigenvalue weighted by atomic mass is 35.5. The van der Waals surface area contributed by atoms with Gasteiger partial charge in [0.1, 0.15) is 10.3 Å². The topological polar surface area (TPSA) is 36.4 Å². The highest BCUT2D eigenvalue weighted by molar-refractivity contribution is 6.32. The molecule has 1 aliphatic heterocycles. The van der Waals surface area contributed by atoms with E-state index in [1.165, 1.54) is 12.8 Å². The third-order valence-corrected chi connectivity index (χ3v) is 5.75. The Morgan fingerprint density at radius 2 is 2.11 bits per heavy atom. The van der Waals surface area contributed by atoms with E-state index in [1.807, 2.05) is 6.07 Å². The molecule has 1 aromatic rings. The van der Waals surface area contributed by atoms with Gasteiger partial charge in [-0.25, -0.2) is 4.98 Å². The summed E-state index contributed by atoms with van der Waals surface area (Å²) in [6.45, 7) is 1.85. The molecule has 3 fully saturated rings. The molecule has 102 valence electrons. The van der Waals surface area contributed by atoms with Gasteiger partial charge in [-0.3, -0.25) is 4.90 Å². The summed E-state index contributed by atoms with van der Waals surface area (Å²) in [6, 6.07) is 4.05. The molecular weight excluding hydrogens is 283 g/mol. The molecule has 2 aliphatic carbocycles. The van der Waals surface area contributed by atoms with Crippen molar-refractivity contribution in [1.82, 2.24) is 9.88 Å². The van der Waals surface area contributed by atoms with Gasteiger partial charge in [-0.15, -0.1) is 0 Å². The number of nitrogens with zero attached hydrogens (tertiary/aromatic N) is 2. The second kappa shape index (κ2) is 4.32. The van der Waals surface area contributed by atoms with Crippen LogP contribution in [0.3, 0.4) is 0 Å². The van der Waals surface area contributed by atoms with E-state index in [1.54, 1.807) is 6.07 Å². The Morgan fingerprint density at radius 1 is 1.26 bits per heavy atom. The molecule has 19 heavy (non-hydrogen) atoms. The number of aromatic nitrogens is 1. The average molecular weight is 299 g/mol. The van der Waals surface area contributed by atoms with Gasteiger partial charge in [-0.1, -0.05) is 29.3 Å². The minimum Gasteiger partial charge on any atom is -0.391 e. The Labute approximate surface area is 122 Å². The first kappa shape index (κ1) is 12.4. The first-order chi connectivity index (χ1) is 9.13. The molecule has 1 saturated heterocycles. The lowest BCUT2D eigenvalue weighted by atomic mass is 9.88. The van der Waals surface area contributed by atoms with E-state index in [4.69, 9.17) is 23.2 Å². The molecule has 5 unspecified atom stereocenters. The fourth-order valence-corrected chi connectivity index (χ4v) is 4.90. The molecule has 0 spiro atoms. The molecule has 1 N–H and O–H groups in total. The van der Waals surface area contributed by atoms with Gasteiger partial charge < -0.3 is 5.11 Å². The van der Waals surface area contributed by atoms with Crippen LogP contribution in [0, 0.1) is 17.8 Å². The molecule has 0 amide bonds. The van der Waals surface area contributed by atoms with Gasteiger partial charge in [0, 0.05) is 24.7 Å². The lowest BCUT2D eigenvalue weighted by Crippen LogP contribution is -2.40. The van der Waals surface area contributed by atoms with Crippen LogP contribution in [-0.4, -0.2) is 33.7 Å². The number of rotatable bonds is 2. The number of aliphatic hydroxyl groups excluding tert-OH is 1. The van der Waals surface area contributed by atoms with E-state index in [-0.39, 0.29) is 6.10 Å². The first-order valence-electron chi connectivity index (χ1n) is 6.86. The highest BCUT2D eigenvalue weighted by Crippen LogP contribution is 2.55. The molecule has 5 atom stereocenters. The summed E-state index contributed by atoms with van der Waals surface area (Å²) in [6.07, 6.45) is 2.26. The molecule has 2 bridgehead atoms. The molecule has 3 aliphatic rings. The van der Waals surface area contributed by atoms with Crippen molar-refractivity contribution < 1.29 is 5.11 Å². The minimum absolute atomic E-state index is 0.150. The third-order valence-electron chi connectivity index (χ3n) is 5.21. The van der Waals surface area contributed by atoms with E-state index in [0.717, 1.165) is 24.6 Å². The van der Waals surface area contributed by atoms with Crippen molar-refractivity contribution >= 4 is 23.2 Å². The van der Waals surface area contributed by atoms with Crippen LogP contribution in [0.25, 0.3) is 0 Å². The fourth-order valence-electron chi connectivity index (χ4n) is 4.50. The van der Waals surface area contributed by atoms with Crippen LogP contribution < -0.4 is 0 Å².